The second-order valence-electron chi connectivity index (χ2n) is 4.60. The van der Waals surface area contributed by atoms with Crippen LogP contribution in [0.2, 0.25) is 0 Å². The van der Waals surface area contributed by atoms with Gasteiger partial charge in [-0.25, -0.2) is 4.98 Å². The van der Waals surface area contributed by atoms with Gasteiger partial charge in [0.15, 0.2) is 0 Å². The lowest BCUT2D eigenvalue weighted by Gasteiger charge is -2.24. The lowest BCUT2D eigenvalue weighted by atomic mass is 10.2. The summed E-state index contributed by atoms with van der Waals surface area (Å²) < 4.78 is 5.46. The van der Waals surface area contributed by atoms with Gasteiger partial charge in [0, 0.05) is 18.4 Å². The van der Waals surface area contributed by atoms with Crippen molar-refractivity contribution in [1.29, 1.82) is 0 Å². The van der Waals surface area contributed by atoms with Crippen LogP contribution in [0.5, 0.6) is 0 Å². The zero-order chi connectivity index (χ0) is 13.8. The molecule has 0 unspecified atom stereocenters. The highest BCUT2D eigenvalue weighted by atomic mass is 16.3. The molecule has 20 heavy (non-hydrogen) atoms. The first-order valence-electron chi connectivity index (χ1n) is 6.75. The molecule has 0 atom stereocenters. The van der Waals surface area contributed by atoms with Crippen molar-refractivity contribution in [3.05, 3.63) is 54.9 Å². The van der Waals surface area contributed by atoms with Gasteiger partial charge in [0.25, 0.3) is 0 Å². The van der Waals surface area contributed by atoms with Gasteiger partial charge in [-0.3, -0.25) is 0 Å². The summed E-state index contributed by atoms with van der Waals surface area (Å²) in [5.41, 5.74) is 7.62. The Labute approximate surface area is 117 Å². The predicted molar refractivity (Wildman–Crippen MR) is 81.1 cm³/mol. The van der Waals surface area contributed by atoms with Gasteiger partial charge in [0.1, 0.15) is 11.4 Å². The van der Waals surface area contributed by atoms with Gasteiger partial charge in [0.2, 0.25) is 0 Å². The smallest absolute Gasteiger partial charge is 0.144 e. The zero-order valence-corrected chi connectivity index (χ0v) is 11.2. The first-order chi connectivity index (χ1) is 9.90. The number of rotatable bonds is 5. The summed E-state index contributed by atoms with van der Waals surface area (Å²) in [5.74, 6) is 0.913. The predicted octanol–water partition coefficient (Wildman–Crippen LogP) is 3.31. The zero-order valence-electron chi connectivity index (χ0n) is 11.2. The lowest BCUT2D eigenvalue weighted by Crippen LogP contribution is -2.21. The lowest BCUT2D eigenvalue weighted by molar-refractivity contribution is 0.615. The average Bonchev–Trinajstić information content (AvgIpc) is 2.98. The maximum Gasteiger partial charge on any atom is 0.144 e. The summed E-state index contributed by atoms with van der Waals surface area (Å²) in [7, 11) is 0. The monoisotopic (exact) mass is 267 g/mol. The van der Waals surface area contributed by atoms with Crippen LogP contribution in [0.4, 0.5) is 11.5 Å². The molecule has 0 fully saturated rings. The second-order valence-corrected chi connectivity index (χ2v) is 4.60. The highest BCUT2D eigenvalue weighted by Gasteiger charge is 2.14. The summed E-state index contributed by atoms with van der Waals surface area (Å²) in [6, 6.07) is 14.1. The SMILES string of the molecule is NCCCN(c1ccccc1)c1nccc2occc12. The molecule has 4 nitrogen and oxygen atoms in total. The largest absolute Gasteiger partial charge is 0.464 e. The van der Waals surface area contributed by atoms with E-state index in [1.165, 1.54) is 0 Å². The molecule has 1 aromatic carbocycles. The Morgan fingerprint density at radius 3 is 2.75 bits per heavy atom. The Hall–Kier alpha value is -2.33. The molecule has 0 aliphatic heterocycles. The van der Waals surface area contributed by atoms with E-state index < -0.39 is 0 Å². The molecule has 2 heterocycles. The van der Waals surface area contributed by atoms with Gasteiger partial charge < -0.3 is 15.1 Å². The van der Waals surface area contributed by atoms with E-state index in [-0.39, 0.29) is 0 Å². The minimum atomic E-state index is 0.657. The number of fused-ring (bicyclic) bond motifs is 1. The second kappa shape index (κ2) is 5.75. The molecule has 0 radical (unpaired) electrons. The van der Waals surface area contributed by atoms with Crippen molar-refractivity contribution in [2.45, 2.75) is 6.42 Å². The van der Waals surface area contributed by atoms with E-state index >= 15 is 0 Å². The van der Waals surface area contributed by atoms with Crippen molar-refractivity contribution in [1.82, 2.24) is 4.98 Å². The summed E-state index contributed by atoms with van der Waals surface area (Å²) in [5, 5.41) is 1.02. The molecular formula is C16H17N3O. The van der Waals surface area contributed by atoms with Gasteiger partial charge in [-0.15, -0.1) is 0 Å². The number of para-hydroxylation sites is 1. The molecular weight excluding hydrogens is 250 g/mol. The van der Waals surface area contributed by atoms with Gasteiger partial charge in [0.05, 0.1) is 11.6 Å². The van der Waals surface area contributed by atoms with Crippen LogP contribution < -0.4 is 10.6 Å². The molecule has 102 valence electrons. The van der Waals surface area contributed by atoms with Crippen molar-refractivity contribution in [2.24, 2.45) is 5.73 Å². The third kappa shape index (κ3) is 2.38. The molecule has 2 N–H and O–H groups in total. The van der Waals surface area contributed by atoms with Crippen LogP contribution in [-0.2, 0) is 0 Å². The number of furan rings is 1. The summed E-state index contributed by atoms with van der Waals surface area (Å²) in [6.07, 6.45) is 4.38. The molecule has 3 rings (SSSR count). The third-order valence-electron chi connectivity index (χ3n) is 3.27. The molecule has 3 aromatic rings. The molecule has 0 amide bonds. The molecule has 0 saturated heterocycles. The first-order valence-corrected chi connectivity index (χ1v) is 6.75. The van der Waals surface area contributed by atoms with E-state index in [1.807, 2.05) is 30.3 Å². The Morgan fingerprint density at radius 1 is 1.10 bits per heavy atom. The minimum absolute atomic E-state index is 0.657. The molecule has 0 spiro atoms. The Bertz CT molecular complexity index is 678. The Balaban J connectivity index is 2.07. The van der Waals surface area contributed by atoms with Crippen molar-refractivity contribution < 1.29 is 4.42 Å². The van der Waals surface area contributed by atoms with E-state index in [9.17, 15) is 0 Å². The van der Waals surface area contributed by atoms with Crippen LogP contribution >= 0.6 is 0 Å². The van der Waals surface area contributed by atoms with E-state index in [0.717, 1.165) is 35.4 Å². The normalized spacial score (nSPS) is 10.8. The van der Waals surface area contributed by atoms with Crippen LogP contribution in [0.1, 0.15) is 6.42 Å². The number of anilines is 2. The number of hydrogen-bond acceptors (Lipinski definition) is 4. The van der Waals surface area contributed by atoms with Crippen molar-refractivity contribution in [2.75, 3.05) is 18.0 Å². The Kier molecular flexibility index (Phi) is 3.65. The number of nitrogens with zero attached hydrogens (tertiary/aromatic N) is 2. The van der Waals surface area contributed by atoms with Gasteiger partial charge in [-0.2, -0.15) is 0 Å². The fraction of sp³-hybridized carbons (Fsp3) is 0.188. The van der Waals surface area contributed by atoms with Crippen LogP contribution in [0.25, 0.3) is 11.0 Å². The topological polar surface area (TPSA) is 55.3 Å². The number of benzene rings is 1. The molecule has 0 aliphatic carbocycles. The quantitative estimate of drug-likeness (QED) is 0.770. The van der Waals surface area contributed by atoms with Gasteiger partial charge in [-0.1, -0.05) is 18.2 Å². The highest BCUT2D eigenvalue weighted by Crippen LogP contribution is 2.30. The van der Waals surface area contributed by atoms with Crippen molar-refractivity contribution in [3.8, 4) is 0 Å². The van der Waals surface area contributed by atoms with E-state index in [0.29, 0.717) is 6.54 Å². The fourth-order valence-electron chi connectivity index (χ4n) is 2.31. The van der Waals surface area contributed by atoms with E-state index in [1.54, 1.807) is 12.5 Å². The molecule has 0 aliphatic rings. The standard InChI is InChI=1S/C16H17N3O/c17-9-4-11-19(13-5-2-1-3-6-13)16-14-8-12-20-15(14)7-10-18-16/h1-3,5-8,10,12H,4,9,11,17H2. The molecule has 0 saturated carbocycles. The molecule has 4 heteroatoms. The maximum absolute atomic E-state index is 5.66. The molecule has 2 aromatic heterocycles. The minimum Gasteiger partial charge on any atom is -0.464 e. The average molecular weight is 267 g/mol. The summed E-state index contributed by atoms with van der Waals surface area (Å²) in [6.45, 7) is 1.49. The van der Waals surface area contributed by atoms with Crippen LogP contribution in [0, 0.1) is 0 Å². The van der Waals surface area contributed by atoms with Gasteiger partial charge >= 0.3 is 0 Å². The molecule has 0 bridgehead atoms. The summed E-state index contributed by atoms with van der Waals surface area (Å²) in [4.78, 5) is 6.72. The van der Waals surface area contributed by atoms with E-state index in [4.69, 9.17) is 10.2 Å². The first kappa shape index (κ1) is 12.7. The number of nitrogens with two attached hydrogens (primary N) is 1. The third-order valence-corrected chi connectivity index (χ3v) is 3.27. The van der Waals surface area contributed by atoms with Gasteiger partial charge in [-0.05, 0) is 37.2 Å². The van der Waals surface area contributed by atoms with Crippen LogP contribution in [0.3, 0.4) is 0 Å². The van der Waals surface area contributed by atoms with Crippen LogP contribution in [0.15, 0.2) is 59.3 Å². The van der Waals surface area contributed by atoms with E-state index in [2.05, 4.69) is 22.0 Å². The van der Waals surface area contributed by atoms with Crippen molar-refractivity contribution >= 4 is 22.5 Å². The maximum atomic E-state index is 5.66. The van der Waals surface area contributed by atoms with Crippen LogP contribution in [-0.4, -0.2) is 18.1 Å². The fourth-order valence-corrected chi connectivity index (χ4v) is 2.31. The highest BCUT2D eigenvalue weighted by molar-refractivity contribution is 5.90. The number of pyridine rings is 1. The Morgan fingerprint density at radius 2 is 1.95 bits per heavy atom. The van der Waals surface area contributed by atoms with Crippen molar-refractivity contribution in [3.63, 3.8) is 0 Å². The number of hydrogen-bond donors (Lipinski definition) is 1. The number of aromatic nitrogens is 1. The summed E-state index contributed by atoms with van der Waals surface area (Å²) >= 11 is 0.